The normalized spacial score (nSPS) is 21.6. The molecule has 1 aromatic heterocycles. The molecule has 6 heterocycles. The molecule has 0 saturated carbocycles. The number of nitrogens with zero attached hydrogens (tertiary/aromatic N) is 4. The van der Waals surface area contributed by atoms with Crippen LogP contribution in [0.3, 0.4) is 0 Å². The van der Waals surface area contributed by atoms with Crippen molar-refractivity contribution < 1.29 is 38.6 Å². The number of amides is 4. The predicted octanol–water partition coefficient (Wildman–Crippen LogP) is 1.81. The van der Waals surface area contributed by atoms with Crippen molar-refractivity contribution in [3.05, 3.63) is 107 Å². The number of hydrogen-bond donors (Lipinski definition) is 5. The second-order valence-electron chi connectivity index (χ2n) is 14.6. The van der Waals surface area contributed by atoms with Crippen LogP contribution >= 0.6 is 0 Å². The Morgan fingerprint density at radius 3 is 2.26 bits per heavy atom. The van der Waals surface area contributed by atoms with Crippen molar-refractivity contribution in [1.82, 2.24) is 41.2 Å². The SMILES string of the molecule is CN[C@@H](C)C(=O)N[C@H]1Cc2ccc(cc2)OCc2cn(nn2)CCCOc2ccc(cc2)C[C@@H](C(=O)O)NC(=O)[C@H](Cc2ccccc2)NC(=O)C2CCCN2C1=O. The Balaban J connectivity index is 1.27. The van der Waals surface area contributed by atoms with Gasteiger partial charge in [0.05, 0.1) is 18.8 Å². The fourth-order valence-corrected chi connectivity index (χ4v) is 6.93. The van der Waals surface area contributed by atoms with Crippen molar-refractivity contribution in [2.75, 3.05) is 20.2 Å². The summed E-state index contributed by atoms with van der Waals surface area (Å²) < 4.78 is 13.6. The minimum atomic E-state index is -1.30. The first-order chi connectivity index (χ1) is 28.1. The van der Waals surface area contributed by atoms with E-state index in [9.17, 15) is 29.1 Å². The molecule has 5 atom stereocenters. The maximum absolute atomic E-state index is 14.3. The third-order valence-electron chi connectivity index (χ3n) is 10.3. The molecule has 16 nitrogen and oxygen atoms in total. The van der Waals surface area contributed by atoms with E-state index in [0.717, 1.165) is 11.1 Å². The zero-order chi connectivity index (χ0) is 41.0. The number of carbonyl (C=O) groups is 5. The number of carboxylic acid groups (broad SMARTS) is 1. The molecule has 0 radical (unpaired) electrons. The first kappa shape index (κ1) is 41.3. The monoisotopic (exact) mass is 794 g/mol. The Morgan fingerprint density at radius 1 is 0.879 bits per heavy atom. The number of carbonyl (C=O) groups excluding carboxylic acids is 4. The predicted molar refractivity (Wildman–Crippen MR) is 212 cm³/mol. The Hall–Kier alpha value is -6.29. The molecule has 1 saturated heterocycles. The van der Waals surface area contributed by atoms with Crippen LogP contribution in [-0.4, -0.2) is 105 Å². The number of benzene rings is 3. The van der Waals surface area contributed by atoms with Gasteiger partial charge in [-0.15, -0.1) is 5.10 Å². The lowest BCUT2D eigenvalue weighted by Gasteiger charge is -2.30. The number of hydrogen-bond acceptors (Lipinski definition) is 10. The summed E-state index contributed by atoms with van der Waals surface area (Å²) in [6.07, 6.45) is 3.52. The molecule has 0 spiro atoms. The number of likely N-dealkylation sites (N-methyl/N-ethyl adjacent to an activating group) is 1. The van der Waals surface area contributed by atoms with Crippen molar-refractivity contribution >= 4 is 29.6 Å². The second-order valence-corrected chi connectivity index (χ2v) is 14.6. The van der Waals surface area contributed by atoms with Gasteiger partial charge < -0.3 is 40.7 Å². The maximum atomic E-state index is 14.3. The molecule has 0 aliphatic carbocycles. The molecule has 5 N–H and O–H groups in total. The van der Waals surface area contributed by atoms with Crippen LogP contribution in [-0.2, 0) is 56.4 Å². The second kappa shape index (κ2) is 19.7. The van der Waals surface area contributed by atoms with E-state index in [4.69, 9.17) is 9.47 Å². The number of aryl methyl sites for hydroxylation is 1. The van der Waals surface area contributed by atoms with Crippen LogP contribution in [0.25, 0.3) is 0 Å². The summed E-state index contributed by atoms with van der Waals surface area (Å²) in [6, 6.07) is 18.3. The Morgan fingerprint density at radius 2 is 1.57 bits per heavy atom. The van der Waals surface area contributed by atoms with Gasteiger partial charge in [0.2, 0.25) is 23.6 Å². The highest BCUT2D eigenvalue weighted by Crippen LogP contribution is 2.22. The largest absolute Gasteiger partial charge is 0.494 e. The molecule has 1 unspecified atom stereocenters. The van der Waals surface area contributed by atoms with Crippen LogP contribution in [0.2, 0.25) is 0 Å². The third-order valence-corrected chi connectivity index (χ3v) is 10.3. The van der Waals surface area contributed by atoms with Gasteiger partial charge in [0, 0.05) is 38.8 Å². The summed E-state index contributed by atoms with van der Waals surface area (Å²) in [5.41, 5.74) is 2.80. The van der Waals surface area contributed by atoms with E-state index in [-0.39, 0.29) is 38.3 Å². The molecular weight excluding hydrogens is 745 g/mol. The summed E-state index contributed by atoms with van der Waals surface area (Å²) in [7, 11) is 1.64. The average molecular weight is 795 g/mol. The van der Waals surface area contributed by atoms with Gasteiger partial charge in [-0.3, -0.25) is 23.9 Å². The maximum Gasteiger partial charge on any atom is 0.326 e. The molecule has 1 fully saturated rings. The molecule has 3 aromatic carbocycles. The van der Waals surface area contributed by atoms with Crippen molar-refractivity contribution in [2.45, 2.75) is 88.8 Å². The molecule has 306 valence electrons. The average Bonchev–Trinajstić information content (AvgIpc) is 3.92. The van der Waals surface area contributed by atoms with Crippen molar-refractivity contribution in [3.63, 3.8) is 0 Å². The molecule has 6 bridgehead atoms. The van der Waals surface area contributed by atoms with Gasteiger partial charge in [-0.05, 0) is 67.8 Å². The first-order valence-corrected chi connectivity index (χ1v) is 19.5. The number of ether oxygens (including phenoxy) is 2. The number of aliphatic carboxylic acids is 1. The highest BCUT2D eigenvalue weighted by molar-refractivity contribution is 5.96. The molecule has 58 heavy (non-hydrogen) atoms. The molecule has 9 rings (SSSR count). The number of rotatable bonds is 6. The molecular formula is C42H50N8O8. The molecule has 4 amide bonds. The van der Waals surface area contributed by atoms with Gasteiger partial charge in [-0.2, -0.15) is 0 Å². The smallest absolute Gasteiger partial charge is 0.326 e. The first-order valence-electron chi connectivity index (χ1n) is 19.5. The number of nitrogens with one attached hydrogen (secondary N) is 4. The quantitative estimate of drug-likeness (QED) is 0.190. The van der Waals surface area contributed by atoms with Gasteiger partial charge in [-0.25, -0.2) is 4.79 Å². The van der Waals surface area contributed by atoms with Crippen LogP contribution in [0, 0.1) is 0 Å². The zero-order valence-corrected chi connectivity index (χ0v) is 32.6. The molecule has 5 aliphatic rings. The fraction of sp³-hybridized carbons (Fsp3) is 0.405. The Kier molecular flexibility index (Phi) is 14.1. The summed E-state index contributed by atoms with van der Waals surface area (Å²) in [4.78, 5) is 69.4. The van der Waals surface area contributed by atoms with E-state index in [1.165, 1.54) is 4.90 Å². The van der Waals surface area contributed by atoms with E-state index in [1.807, 2.05) is 42.5 Å². The van der Waals surface area contributed by atoms with Gasteiger partial charge in [0.15, 0.2) is 0 Å². The van der Waals surface area contributed by atoms with E-state index in [1.54, 1.807) is 61.2 Å². The van der Waals surface area contributed by atoms with Gasteiger partial charge in [0.25, 0.3) is 0 Å². The lowest BCUT2D eigenvalue weighted by atomic mass is 10.0. The summed E-state index contributed by atoms with van der Waals surface area (Å²) >= 11 is 0. The highest BCUT2D eigenvalue weighted by atomic mass is 16.5. The van der Waals surface area contributed by atoms with Crippen molar-refractivity contribution in [2.24, 2.45) is 0 Å². The Bertz CT molecular complexity index is 2020. The van der Waals surface area contributed by atoms with Crippen molar-refractivity contribution in [3.8, 4) is 11.5 Å². The minimum absolute atomic E-state index is 0.0154. The standard InChI is InChI=1S/C42H50N8O8/c1-27(43-2)38(51)45-35-23-29-13-17-33(18-14-29)58-26-31-25-49(48-47-31)19-7-21-57-32-15-11-30(12-16-32)24-36(42(55)56)46-39(52)34(22-28-8-4-3-5-9-28)44-40(53)37-10-6-20-50(37)41(35)54/h3-5,8-9,11-18,25,27,34-37,43H,6-7,10,19-24,26H2,1-2H3,(H,44,53)(H,45,51)(H,46,52)(H,55,56)/t27-,34-,35-,36-,37?/m0/s1. The van der Waals surface area contributed by atoms with Gasteiger partial charge in [0.1, 0.15) is 48.0 Å². The zero-order valence-electron chi connectivity index (χ0n) is 32.6. The van der Waals surface area contributed by atoms with Crippen molar-refractivity contribution in [1.29, 1.82) is 0 Å². The van der Waals surface area contributed by atoms with Crippen LogP contribution in [0.4, 0.5) is 0 Å². The fourth-order valence-electron chi connectivity index (χ4n) is 6.93. The van der Waals surface area contributed by atoms with Crippen LogP contribution in [0.5, 0.6) is 11.5 Å². The summed E-state index contributed by atoms with van der Waals surface area (Å²) in [6.45, 7) is 3.11. The van der Waals surface area contributed by atoms with E-state index < -0.39 is 53.9 Å². The number of aromatic nitrogens is 3. The van der Waals surface area contributed by atoms with Crippen LogP contribution in [0.1, 0.15) is 48.6 Å². The van der Waals surface area contributed by atoms with E-state index >= 15 is 0 Å². The summed E-state index contributed by atoms with van der Waals surface area (Å²) in [5, 5.41) is 29.8. The minimum Gasteiger partial charge on any atom is -0.494 e. The van der Waals surface area contributed by atoms with Crippen LogP contribution < -0.4 is 30.7 Å². The third kappa shape index (κ3) is 11.2. The highest BCUT2D eigenvalue weighted by Gasteiger charge is 2.39. The molecule has 4 aromatic rings. The van der Waals surface area contributed by atoms with E-state index in [2.05, 4.69) is 31.6 Å². The van der Waals surface area contributed by atoms with Crippen LogP contribution in [0.15, 0.2) is 85.1 Å². The molecule has 16 heteroatoms. The molecule has 5 aliphatic heterocycles. The number of carboxylic acids is 1. The lowest BCUT2D eigenvalue weighted by molar-refractivity contribution is -0.143. The van der Waals surface area contributed by atoms with Gasteiger partial charge >= 0.3 is 5.97 Å². The topological polar surface area (TPSA) is 206 Å². The Labute approximate surface area is 336 Å². The van der Waals surface area contributed by atoms with Gasteiger partial charge in [-0.1, -0.05) is 59.8 Å². The summed E-state index contributed by atoms with van der Waals surface area (Å²) in [5.74, 6) is -2.10. The lowest BCUT2D eigenvalue weighted by Crippen LogP contribution is -2.58. The van der Waals surface area contributed by atoms with E-state index in [0.29, 0.717) is 55.2 Å².